The highest BCUT2D eigenvalue weighted by atomic mass is 19.1. The minimum absolute atomic E-state index is 0.0222. The number of aliphatic hydroxyl groups excluding tert-OH is 1. The Morgan fingerprint density at radius 3 is 2.69 bits per heavy atom. The van der Waals surface area contributed by atoms with Gasteiger partial charge in [-0.05, 0) is 6.07 Å². The predicted octanol–water partition coefficient (Wildman–Crippen LogP) is 1.43. The van der Waals surface area contributed by atoms with E-state index in [9.17, 15) is 4.39 Å². The molecule has 0 saturated carbocycles. The quantitative estimate of drug-likeness (QED) is 0.717. The van der Waals surface area contributed by atoms with Gasteiger partial charge >= 0.3 is 0 Å². The molecule has 2 rings (SSSR count). The second kappa shape index (κ2) is 3.09. The van der Waals surface area contributed by atoms with E-state index in [1.807, 2.05) is 0 Å². The summed E-state index contributed by atoms with van der Waals surface area (Å²) in [4.78, 5) is 0. The number of ether oxygens (including phenoxy) is 1. The van der Waals surface area contributed by atoms with Crippen LogP contribution in [0.15, 0.2) is 24.3 Å². The zero-order valence-electron chi connectivity index (χ0n) is 7.16. The fourth-order valence-corrected chi connectivity index (χ4v) is 1.53. The Morgan fingerprint density at radius 2 is 2.15 bits per heavy atom. The maximum absolute atomic E-state index is 13.3. The number of hydrogen-bond donors (Lipinski definition) is 1. The highest BCUT2D eigenvalue weighted by molar-refractivity contribution is 5.28. The van der Waals surface area contributed by atoms with E-state index in [2.05, 4.69) is 0 Å². The van der Waals surface area contributed by atoms with Crippen LogP contribution >= 0.6 is 0 Å². The van der Waals surface area contributed by atoms with Crippen molar-refractivity contribution in [3.05, 3.63) is 35.6 Å². The molecule has 0 unspecified atom stereocenters. The fourth-order valence-electron chi connectivity index (χ4n) is 1.53. The average molecular weight is 182 g/mol. The largest absolute Gasteiger partial charge is 0.396 e. The van der Waals surface area contributed by atoms with Crippen molar-refractivity contribution in [2.24, 2.45) is 0 Å². The number of benzene rings is 1. The van der Waals surface area contributed by atoms with Crippen molar-refractivity contribution < 1.29 is 14.2 Å². The average Bonchev–Trinajstić information content (AvgIpc) is 2.87. The summed E-state index contributed by atoms with van der Waals surface area (Å²) in [6.45, 7) is 0.531. The Bertz CT molecular complexity index is 308. The first-order valence-electron chi connectivity index (χ1n) is 4.28. The Kier molecular flexibility index (Phi) is 2.06. The van der Waals surface area contributed by atoms with Crippen LogP contribution in [0.1, 0.15) is 12.0 Å². The molecule has 0 bridgehead atoms. The standard InChI is InChI=1S/C10H11FO2/c11-9-4-2-1-3-8(9)10(5-6-12)7-13-10/h1-4,12H,5-7H2/t10-/m1/s1. The molecule has 1 saturated heterocycles. The highest BCUT2D eigenvalue weighted by Crippen LogP contribution is 2.42. The number of rotatable bonds is 3. The van der Waals surface area contributed by atoms with Crippen molar-refractivity contribution in [2.45, 2.75) is 12.0 Å². The highest BCUT2D eigenvalue weighted by Gasteiger charge is 2.47. The molecular weight excluding hydrogens is 171 g/mol. The first-order chi connectivity index (χ1) is 6.28. The third-order valence-electron chi connectivity index (χ3n) is 2.37. The lowest BCUT2D eigenvalue weighted by Crippen LogP contribution is -2.12. The minimum Gasteiger partial charge on any atom is -0.396 e. The van der Waals surface area contributed by atoms with Crippen molar-refractivity contribution in [3.8, 4) is 0 Å². The molecule has 2 nitrogen and oxygen atoms in total. The maximum Gasteiger partial charge on any atom is 0.129 e. The molecule has 0 aliphatic carbocycles. The van der Waals surface area contributed by atoms with Gasteiger partial charge in [0.05, 0.1) is 6.61 Å². The molecular formula is C10H11FO2. The van der Waals surface area contributed by atoms with Crippen LogP contribution in [0, 0.1) is 5.82 Å². The lowest BCUT2D eigenvalue weighted by molar-refractivity contribution is 0.211. The molecule has 0 spiro atoms. The molecule has 0 aromatic heterocycles. The number of hydrogen-bond acceptors (Lipinski definition) is 2. The summed E-state index contributed by atoms with van der Waals surface area (Å²) in [5, 5.41) is 8.79. The first kappa shape index (κ1) is 8.66. The normalized spacial score (nSPS) is 26.0. The van der Waals surface area contributed by atoms with Gasteiger partial charge in [-0.25, -0.2) is 4.39 Å². The van der Waals surface area contributed by atoms with Gasteiger partial charge in [0.1, 0.15) is 11.4 Å². The van der Waals surface area contributed by atoms with Crippen molar-refractivity contribution in [2.75, 3.05) is 13.2 Å². The third kappa shape index (κ3) is 1.45. The summed E-state index contributed by atoms with van der Waals surface area (Å²) in [5.74, 6) is -0.256. The van der Waals surface area contributed by atoms with E-state index in [0.29, 0.717) is 18.6 Å². The van der Waals surface area contributed by atoms with E-state index < -0.39 is 5.60 Å². The van der Waals surface area contributed by atoms with Gasteiger partial charge in [0, 0.05) is 18.6 Å². The molecule has 70 valence electrons. The van der Waals surface area contributed by atoms with Gasteiger partial charge in [0.15, 0.2) is 0 Å². The molecule has 1 N–H and O–H groups in total. The molecule has 1 fully saturated rings. The molecule has 1 aromatic rings. The first-order valence-corrected chi connectivity index (χ1v) is 4.28. The van der Waals surface area contributed by atoms with Crippen molar-refractivity contribution in [1.82, 2.24) is 0 Å². The Balaban J connectivity index is 2.30. The van der Waals surface area contributed by atoms with Gasteiger partial charge in [0.2, 0.25) is 0 Å². The van der Waals surface area contributed by atoms with Gasteiger partial charge in [-0.2, -0.15) is 0 Å². The molecule has 13 heavy (non-hydrogen) atoms. The molecule has 1 heterocycles. The van der Waals surface area contributed by atoms with E-state index in [1.165, 1.54) is 6.07 Å². The lowest BCUT2D eigenvalue weighted by Gasteiger charge is -2.10. The zero-order valence-corrected chi connectivity index (χ0v) is 7.16. The monoisotopic (exact) mass is 182 g/mol. The van der Waals surface area contributed by atoms with E-state index in [4.69, 9.17) is 9.84 Å². The minimum atomic E-state index is -0.542. The van der Waals surface area contributed by atoms with Crippen LogP contribution < -0.4 is 0 Å². The predicted molar refractivity (Wildman–Crippen MR) is 45.7 cm³/mol. The van der Waals surface area contributed by atoms with Gasteiger partial charge in [0.25, 0.3) is 0 Å². The van der Waals surface area contributed by atoms with Crippen LogP contribution in [-0.4, -0.2) is 18.3 Å². The smallest absolute Gasteiger partial charge is 0.129 e. The van der Waals surface area contributed by atoms with Crippen molar-refractivity contribution in [3.63, 3.8) is 0 Å². The maximum atomic E-state index is 13.3. The van der Waals surface area contributed by atoms with E-state index in [-0.39, 0.29) is 12.4 Å². The molecule has 3 heteroatoms. The van der Waals surface area contributed by atoms with Crippen molar-refractivity contribution >= 4 is 0 Å². The summed E-state index contributed by atoms with van der Waals surface area (Å²) in [6, 6.07) is 6.54. The summed E-state index contributed by atoms with van der Waals surface area (Å²) in [5.41, 5.74) is 0.0177. The third-order valence-corrected chi connectivity index (χ3v) is 2.37. The fraction of sp³-hybridized carbons (Fsp3) is 0.400. The van der Waals surface area contributed by atoms with Crippen LogP contribution in [-0.2, 0) is 10.3 Å². The summed E-state index contributed by atoms with van der Waals surface area (Å²) in [6.07, 6.45) is 0.466. The molecule has 0 radical (unpaired) electrons. The van der Waals surface area contributed by atoms with Crippen LogP contribution in [0.2, 0.25) is 0 Å². The van der Waals surface area contributed by atoms with Gasteiger partial charge < -0.3 is 9.84 Å². The zero-order chi connectivity index (χ0) is 9.31. The molecule has 1 aliphatic rings. The van der Waals surface area contributed by atoms with Gasteiger partial charge in [-0.15, -0.1) is 0 Å². The topological polar surface area (TPSA) is 32.8 Å². The second-order valence-electron chi connectivity index (χ2n) is 3.24. The lowest BCUT2D eigenvalue weighted by atomic mass is 9.96. The Hall–Kier alpha value is -0.930. The van der Waals surface area contributed by atoms with Gasteiger partial charge in [-0.1, -0.05) is 18.2 Å². The number of halogens is 1. The Labute approximate surface area is 76.0 Å². The van der Waals surface area contributed by atoms with E-state index >= 15 is 0 Å². The molecule has 1 atom stereocenters. The molecule has 1 aromatic carbocycles. The van der Waals surface area contributed by atoms with E-state index in [0.717, 1.165) is 0 Å². The van der Waals surface area contributed by atoms with E-state index in [1.54, 1.807) is 18.2 Å². The van der Waals surface area contributed by atoms with Crippen molar-refractivity contribution in [1.29, 1.82) is 0 Å². The summed E-state index contributed by atoms with van der Waals surface area (Å²) >= 11 is 0. The Morgan fingerprint density at radius 1 is 1.46 bits per heavy atom. The SMILES string of the molecule is OCC[C@]1(c2ccccc2F)CO1. The molecule has 1 aliphatic heterocycles. The van der Waals surface area contributed by atoms with Crippen LogP contribution in [0.5, 0.6) is 0 Å². The molecule has 0 amide bonds. The number of epoxide rings is 1. The van der Waals surface area contributed by atoms with Crippen LogP contribution in [0.4, 0.5) is 4.39 Å². The van der Waals surface area contributed by atoms with Crippen LogP contribution in [0.3, 0.4) is 0 Å². The summed E-state index contributed by atoms with van der Waals surface area (Å²) < 4.78 is 18.5. The van der Waals surface area contributed by atoms with Crippen LogP contribution in [0.25, 0.3) is 0 Å². The number of aliphatic hydroxyl groups is 1. The summed E-state index contributed by atoms with van der Waals surface area (Å²) in [7, 11) is 0. The second-order valence-corrected chi connectivity index (χ2v) is 3.24. The van der Waals surface area contributed by atoms with Gasteiger partial charge in [-0.3, -0.25) is 0 Å².